The average Bonchev–Trinajstić information content (AvgIpc) is 3.98. The van der Waals surface area contributed by atoms with Gasteiger partial charge in [-0.05, 0) is 148 Å². The lowest BCUT2D eigenvalue weighted by atomic mass is 9.67. The van der Waals surface area contributed by atoms with Gasteiger partial charge in [-0.1, -0.05) is 275 Å². The zero-order valence-corrected chi connectivity index (χ0v) is 43.2. The highest BCUT2D eigenvalue weighted by atomic mass is 15.2. The Balaban J connectivity index is 1.00. The molecule has 1 heterocycles. The summed E-state index contributed by atoms with van der Waals surface area (Å²) < 4.78 is 0. The van der Waals surface area contributed by atoms with Gasteiger partial charge >= 0.3 is 0 Å². The first kappa shape index (κ1) is 46.0. The quantitative estimate of drug-likeness (QED) is 0.139. The third-order valence-electron chi connectivity index (χ3n) is 16.6. The van der Waals surface area contributed by atoms with Gasteiger partial charge in [0.25, 0.3) is 0 Å². The molecule has 12 aromatic rings. The maximum absolute atomic E-state index is 2.53. The van der Waals surface area contributed by atoms with E-state index in [0.29, 0.717) is 0 Å². The van der Waals surface area contributed by atoms with Crippen molar-refractivity contribution >= 4 is 17.1 Å². The maximum Gasteiger partial charge on any atom is 0.0714 e. The molecule has 1 nitrogen and oxygen atoms in total. The molecule has 0 atom stereocenters. The summed E-state index contributed by atoms with van der Waals surface area (Å²) in [5.41, 5.74) is 27.2. The zero-order valence-electron chi connectivity index (χ0n) is 43.2. The molecule has 2 aliphatic rings. The van der Waals surface area contributed by atoms with Crippen LogP contribution in [0.1, 0.15) is 47.2 Å². The fourth-order valence-electron chi connectivity index (χ4n) is 12.8. The fourth-order valence-corrected chi connectivity index (χ4v) is 12.8. The van der Waals surface area contributed by atoms with Gasteiger partial charge < -0.3 is 4.90 Å². The summed E-state index contributed by atoms with van der Waals surface area (Å²) in [7, 11) is 0. The summed E-state index contributed by atoms with van der Waals surface area (Å²) in [4.78, 5) is 2.49. The van der Waals surface area contributed by atoms with E-state index in [1.165, 1.54) is 123 Å². The second-order valence-electron chi connectivity index (χ2n) is 21.2. The van der Waals surface area contributed by atoms with Gasteiger partial charge in [0.1, 0.15) is 0 Å². The van der Waals surface area contributed by atoms with Crippen LogP contribution in [0.25, 0.3) is 77.9 Å². The van der Waals surface area contributed by atoms with Crippen LogP contribution >= 0.6 is 0 Å². The highest BCUT2D eigenvalue weighted by Gasteiger charge is 2.47. The number of anilines is 3. The van der Waals surface area contributed by atoms with Gasteiger partial charge in [-0.25, -0.2) is 0 Å². The van der Waals surface area contributed by atoms with Crippen molar-refractivity contribution in [3.8, 4) is 77.9 Å². The number of nitrogens with zero attached hydrogens (tertiary/aromatic N) is 1. The summed E-state index contributed by atoms with van der Waals surface area (Å²) in [5, 5.41) is 0. The molecule has 0 amide bonds. The number of rotatable bonds is 9. The Bertz CT molecular complexity index is 4040. The van der Waals surface area contributed by atoms with Crippen LogP contribution in [0.2, 0.25) is 0 Å². The molecule has 0 spiro atoms. The summed E-state index contributed by atoms with van der Waals surface area (Å²) in [6.07, 6.45) is 0. The lowest BCUT2D eigenvalue weighted by Gasteiger charge is -2.42. The van der Waals surface area contributed by atoms with Crippen LogP contribution in [-0.2, 0) is 10.8 Å². The van der Waals surface area contributed by atoms with Crippen molar-refractivity contribution < 1.29 is 0 Å². The van der Waals surface area contributed by atoms with Gasteiger partial charge in [0, 0.05) is 11.1 Å². The first-order valence-corrected chi connectivity index (χ1v) is 26.9. The molecule has 1 aliphatic heterocycles. The van der Waals surface area contributed by atoms with Crippen molar-refractivity contribution in [3.63, 3.8) is 0 Å². The Morgan fingerprint density at radius 2 is 0.675 bits per heavy atom. The molecule has 77 heavy (non-hydrogen) atoms. The van der Waals surface area contributed by atoms with Crippen molar-refractivity contribution in [2.45, 2.75) is 24.7 Å². The molecule has 0 radical (unpaired) electrons. The highest BCUT2D eigenvalue weighted by Crippen LogP contribution is 2.60. The van der Waals surface area contributed by atoms with E-state index >= 15 is 0 Å². The smallest absolute Gasteiger partial charge is 0.0714 e. The van der Waals surface area contributed by atoms with Crippen molar-refractivity contribution in [3.05, 3.63) is 331 Å². The zero-order chi connectivity index (χ0) is 51.5. The van der Waals surface area contributed by atoms with Gasteiger partial charge in [0.05, 0.1) is 16.8 Å². The Morgan fingerprint density at radius 3 is 1.26 bits per heavy atom. The molecule has 1 heteroatoms. The minimum Gasteiger partial charge on any atom is -0.310 e. The molecule has 0 saturated heterocycles. The van der Waals surface area contributed by atoms with Crippen molar-refractivity contribution in [2.24, 2.45) is 0 Å². The van der Waals surface area contributed by atoms with Crippen LogP contribution in [0, 0.1) is 0 Å². The molecular formula is C76H55N. The number of fused-ring (bicyclic) bond motifs is 5. The molecule has 0 N–H and O–H groups in total. The van der Waals surface area contributed by atoms with Crippen LogP contribution in [-0.4, -0.2) is 0 Å². The van der Waals surface area contributed by atoms with Gasteiger partial charge in [-0.3, -0.25) is 0 Å². The van der Waals surface area contributed by atoms with Gasteiger partial charge in [-0.15, -0.1) is 0 Å². The molecule has 0 aromatic heterocycles. The topological polar surface area (TPSA) is 3.24 Å². The average molecular weight is 982 g/mol. The SMILES string of the molecule is CC1(C)c2ccccc2N(c2ccc(-c3ccc4c(c3)C(c3ccc(-c5ccccc5)cc3)(c3ccc(-c5ccccc5)cc3)c3cccc(-c5ccccc5)c3-4)c(-c3ccccc3)c2)c2ccc(-c3ccccc3)cc21. The van der Waals surface area contributed by atoms with Crippen LogP contribution in [0.4, 0.5) is 17.1 Å². The van der Waals surface area contributed by atoms with E-state index in [9.17, 15) is 0 Å². The standard InChI is InChI=1S/C76H55N/c1-75(2)68-32-18-19-34-72(68)77(73-48-40-59(49-71(73)75)54-25-12-5-13-26-54)63-45-47-64(67(51-63)58-29-16-7-17-30-58)60-39-46-66-70(50-60)76(61-41-35-55(36-42-61)52-21-8-3-9-22-52,62-43-37-56(38-44-62)53-23-10-4-11-24-53)69-33-20-31-65(74(66)69)57-27-14-6-15-28-57/h3-51H,1-2H3. The first-order valence-electron chi connectivity index (χ1n) is 26.9. The van der Waals surface area contributed by atoms with E-state index in [-0.39, 0.29) is 5.41 Å². The molecule has 12 aromatic carbocycles. The molecule has 0 fully saturated rings. The number of para-hydroxylation sites is 1. The predicted molar refractivity (Wildman–Crippen MR) is 323 cm³/mol. The number of hydrogen-bond acceptors (Lipinski definition) is 1. The molecule has 0 saturated carbocycles. The lowest BCUT2D eigenvalue weighted by molar-refractivity contribution is 0.632. The van der Waals surface area contributed by atoms with Gasteiger partial charge in [-0.2, -0.15) is 0 Å². The van der Waals surface area contributed by atoms with E-state index in [2.05, 4.69) is 316 Å². The molecule has 0 bridgehead atoms. The van der Waals surface area contributed by atoms with Crippen molar-refractivity contribution in [1.29, 1.82) is 0 Å². The second-order valence-corrected chi connectivity index (χ2v) is 21.2. The monoisotopic (exact) mass is 981 g/mol. The van der Waals surface area contributed by atoms with E-state index in [4.69, 9.17) is 0 Å². The van der Waals surface area contributed by atoms with E-state index in [1.54, 1.807) is 0 Å². The summed E-state index contributed by atoms with van der Waals surface area (Å²) in [6, 6.07) is 110. The second kappa shape index (κ2) is 18.7. The van der Waals surface area contributed by atoms with E-state index < -0.39 is 5.41 Å². The minimum atomic E-state index is -0.671. The third kappa shape index (κ3) is 7.61. The van der Waals surface area contributed by atoms with Crippen molar-refractivity contribution in [1.82, 2.24) is 0 Å². The Hall–Kier alpha value is -9.56. The first-order chi connectivity index (χ1) is 37.9. The van der Waals surface area contributed by atoms with Crippen LogP contribution in [0.5, 0.6) is 0 Å². The molecule has 14 rings (SSSR count). The molecule has 364 valence electrons. The fraction of sp³-hybridized carbons (Fsp3) is 0.0526. The largest absolute Gasteiger partial charge is 0.310 e. The summed E-state index contributed by atoms with van der Waals surface area (Å²) >= 11 is 0. The predicted octanol–water partition coefficient (Wildman–Crippen LogP) is 20.2. The Morgan fingerprint density at radius 1 is 0.247 bits per heavy atom. The highest BCUT2D eigenvalue weighted by molar-refractivity contribution is 5.98. The Labute approximate surface area is 452 Å². The number of hydrogen-bond donors (Lipinski definition) is 0. The van der Waals surface area contributed by atoms with Gasteiger partial charge in [0.15, 0.2) is 0 Å². The maximum atomic E-state index is 2.53. The third-order valence-corrected chi connectivity index (χ3v) is 16.6. The molecule has 1 aliphatic carbocycles. The lowest BCUT2D eigenvalue weighted by Crippen LogP contribution is -2.30. The minimum absolute atomic E-state index is 0.228. The van der Waals surface area contributed by atoms with E-state index in [0.717, 1.165) is 5.69 Å². The Kier molecular flexibility index (Phi) is 11.2. The molecule has 0 unspecified atom stereocenters. The van der Waals surface area contributed by atoms with Crippen LogP contribution in [0.3, 0.4) is 0 Å². The molecular weight excluding hydrogens is 927 g/mol. The van der Waals surface area contributed by atoms with Crippen molar-refractivity contribution in [2.75, 3.05) is 4.90 Å². The number of benzene rings is 12. The van der Waals surface area contributed by atoms with Crippen LogP contribution < -0.4 is 4.90 Å². The summed E-state index contributed by atoms with van der Waals surface area (Å²) in [6.45, 7) is 4.75. The van der Waals surface area contributed by atoms with Crippen LogP contribution in [0.15, 0.2) is 297 Å². The summed E-state index contributed by atoms with van der Waals surface area (Å²) in [5.74, 6) is 0. The normalized spacial score (nSPS) is 13.5. The van der Waals surface area contributed by atoms with E-state index in [1.807, 2.05) is 0 Å². The van der Waals surface area contributed by atoms with Gasteiger partial charge in [0.2, 0.25) is 0 Å².